The van der Waals surface area contributed by atoms with Crippen LogP contribution in [0.2, 0.25) is 0 Å². The summed E-state index contributed by atoms with van der Waals surface area (Å²) in [6.45, 7) is 3.22. The lowest BCUT2D eigenvalue weighted by atomic mass is 10.0. The first-order chi connectivity index (χ1) is 7.99. The quantitative estimate of drug-likeness (QED) is 0.734. The van der Waals surface area contributed by atoms with Gasteiger partial charge in [-0.05, 0) is 25.7 Å². The minimum atomic E-state index is -3.36. The molecule has 0 aromatic carbocycles. The van der Waals surface area contributed by atoms with Gasteiger partial charge in [-0.1, -0.05) is 0 Å². The van der Waals surface area contributed by atoms with E-state index in [0.29, 0.717) is 31.4 Å². The summed E-state index contributed by atoms with van der Waals surface area (Å²) in [7, 11) is -1.80. The maximum absolute atomic E-state index is 11.9. The molecule has 0 aromatic heterocycles. The van der Waals surface area contributed by atoms with Crippen molar-refractivity contribution in [2.45, 2.75) is 25.9 Å². The molecule has 0 spiro atoms. The molecule has 1 N–H and O–H groups in total. The number of nitrogens with zero attached hydrogens (tertiary/aromatic N) is 1. The minimum Gasteiger partial charge on any atom is -0.380 e. The average Bonchev–Trinajstić information content (AvgIpc) is 2.36. The molecular weight excluding hydrogens is 264 g/mol. The third-order valence-corrected chi connectivity index (χ3v) is 5.10. The molecule has 0 aromatic rings. The first kappa shape index (κ1) is 15.2. The van der Waals surface area contributed by atoms with Crippen LogP contribution in [0.25, 0.3) is 0 Å². The SMILES string of the molecule is COC(C)CNS(=O)(=O)N1CCC(CCl)CC1. The van der Waals surface area contributed by atoms with Gasteiger partial charge in [-0.3, -0.25) is 0 Å². The molecule has 0 aliphatic carbocycles. The second-order valence-electron chi connectivity index (χ2n) is 4.40. The van der Waals surface area contributed by atoms with Gasteiger partial charge in [0.2, 0.25) is 0 Å². The molecule has 5 nitrogen and oxygen atoms in total. The smallest absolute Gasteiger partial charge is 0.279 e. The van der Waals surface area contributed by atoms with E-state index < -0.39 is 10.2 Å². The van der Waals surface area contributed by atoms with E-state index in [0.717, 1.165) is 12.8 Å². The number of ether oxygens (including phenoxy) is 1. The molecule has 1 aliphatic rings. The van der Waals surface area contributed by atoms with Crippen LogP contribution in [0, 0.1) is 5.92 Å². The van der Waals surface area contributed by atoms with Gasteiger partial charge in [0.25, 0.3) is 10.2 Å². The Morgan fingerprint density at radius 1 is 1.47 bits per heavy atom. The predicted octanol–water partition coefficient (Wildman–Crippen LogP) is 0.807. The third-order valence-electron chi connectivity index (χ3n) is 3.09. The standard InChI is InChI=1S/C10H21ClN2O3S/c1-9(16-2)8-12-17(14,15)13-5-3-10(7-11)4-6-13/h9-10,12H,3-8H2,1-2H3. The van der Waals surface area contributed by atoms with Crippen LogP contribution in [0.1, 0.15) is 19.8 Å². The van der Waals surface area contributed by atoms with Crippen molar-refractivity contribution < 1.29 is 13.2 Å². The summed E-state index contributed by atoms with van der Waals surface area (Å²) in [6.07, 6.45) is 1.55. The molecule has 0 amide bonds. The lowest BCUT2D eigenvalue weighted by Gasteiger charge is -2.30. The number of piperidine rings is 1. The van der Waals surface area contributed by atoms with Gasteiger partial charge < -0.3 is 4.74 Å². The van der Waals surface area contributed by atoms with E-state index in [1.165, 1.54) is 4.31 Å². The predicted molar refractivity (Wildman–Crippen MR) is 68.4 cm³/mol. The van der Waals surface area contributed by atoms with Crippen molar-refractivity contribution in [1.82, 2.24) is 9.03 Å². The van der Waals surface area contributed by atoms with Gasteiger partial charge in [0, 0.05) is 32.6 Å². The summed E-state index contributed by atoms with van der Waals surface area (Å²) in [5, 5.41) is 0. The summed E-state index contributed by atoms with van der Waals surface area (Å²) >= 11 is 5.76. The van der Waals surface area contributed by atoms with Crippen LogP contribution < -0.4 is 4.72 Å². The van der Waals surface area contributed by atoms with Crippen LogP contribution in [0.15, 0.2) is 0 Å². The number of methoxy groups -OCH3 is 1. The Balaban J connectivity index is 2.43. The zero-order chi connectivity index (χ0) is 12.9. The first-order valence-corrected chi connectivity index (χ1v) is 7.80. The van der Waals surface area contributed by atoms with Gasteiger partial charge in [0.1, 0.15) is 0 Å². The van der Waals surface area contributed by atoms with Crippen LogP contribution in [0.5, 0.6) is 0 Å². The maximum atomic E-state index is 11.9. The lowest BCUT2D eigenvalue weighted by Crippen LogP contribution is -2.46. The Bertz CT molecular complexity index is 316. The van der Waals surface area contributed by atoms with Crippen molar-refractivity contribution in [3.05, 3.63) is 0 Å². The van der Waals surface area contributed by atoms with Crippen molar-refractivity contribution in [3.8, 4) is 0 Å². The molecule has 1 rings (SSSR count). The van der Waals surface area contributed by atoms with E-state index in [-0.39, 0.29) is 6.10 Å². The van der Waals surface area contributed by atoms with Gasteiger partial charge in [0.05, 0.1) is 6.10 Å². The Hall–Kier alpha value is 0.120. The Morgan fingerprint density at radius 3 is 2.53 bits per heavy atom. The van der Waals surface area contributed by atoms with Crippen molar-refractivity contribution in [2.24, 2.45) is 5.92 Å². The first-order valence-electron chi connectivity index (χ1n) is 5.83. The highest BCUT2D eigenvalue weighted by Crippen LogP contribution is 2.19. The van der Waals surface area contributed by atoms with E-state index in [9.17, 15) is 8.42 Å². The molecule has 17 heavy (non-hydrogen) atoms. The monoisotopic (exact) mass is 284 g/mol. The van der Waals surface area contributed by atoms with Gasteiger partial charge in [-0.2, -0.15) is 17.4 Å². The van der Waals surface area contributed by atoms with Gasteiger partial charge in [-0.15, -0.1) is 11.6 Å². The fourth-order valence-corrected chi connectivity index (χ4v) is 3.33. The number of halogens is 1. The molecule has 1 aliphatic heterocycles. The summed E-state index contributed by atoms with van der Waals surface area (Å²) < 4.78 is 32.9. The van der Waals surface area contributed by atoms with Crippen molar-refractivity contribution in [1.29, 1.82) is 0 Å². The van der Waals surface area contributed by atoms with Crippen molar-refractivity contribution in [2.75, 3.05) is 32.6 Å². The van der Waals surface area contributed by atoms with Crippen LogP contribution >= 0.6 is 11.6 Å². The van der Waals surface area contributed by atoms with E-state index >= 15 is 0 Å². The van der Waals surface area contributed by atoms with Crippen molar-refractivity contribution >= 4 is 21.8 Å². The molecular formula is C10H21ClN2O3S. The van der Waals surface area contributed by atoms with E-state index in [2.05, 4.69) is 4.72 Å². The highest BCUT2D eigenvalue weighted by molar-refractivity contribution is 7.87. The van der Waals surface area contributed by atoms with Crippen LogP contribution in [-0.4, -0.2) is 51.5 Å². The largest absolute Gasteiger partial charge is 0.380 e. The number of rotatable bonds is 6. The zero-order valence-electron chi connectivity index (χ0n) is 10.4. The van der Waals surface area contributed by atoms with Crippen LogP contribution in [0.4, 0.5) is 0 Å². The maximum Gasteiger partial charge on any atom is 0.279 e. The Labute approximate surface area is 109 Å². The summed E-state index contributed by atoms with van der Waals surface area (Å²) in [5.74, 6) is 1.06. The number of alkyl halides is 1. The molecule has 0 bridgehead atoms. The van der Waals surface area contributed by atoms with E-state index in [4.69, 9.17) is 16.3 Å². The lowest BCUT2D eigenvalue weighted by molar-refractivity contribution is 0.121. The number of hydrogen-bond acceptors (Lipinski definition) is 3. The summed E-state index contributed by atoms with van der Waals surface area (Å²) in [6, 6.07) is 0. The molecule has 1 saturated heterocycles. The van der Waals surface area contributed by atoms with Gasteiger partial charge in [-0.25, -0.2) is 0 Å². The fraction of sp³-hybridized carbons (Fsp3) is 1.00. The second kappa shape index (κ2) is 6.89. The molecule has 1 fully saturated rings. The van der Waals surface area contributed by atoms with E-state index in [1.54, 1.807) is 7.11 Å². The summed E-state index contributed by atoms with van der Waals surface area (Å²) in [4.78, 5) is 0. The van der Waals surface area contributed by atoms with E-state index in [1.807, 2.05) is 6.92 Å². The molecule has 7 heteroatoms. The Kier molecular flexibility index (Phi) is 6.16. The van der Waals surface area contributed by atoms with Crippen LogP contribution in [0.3, 0.4) is 0 Å². The minimum absolute atomic E-state index is 0.120. The third kappa shape index (κ3) is 4.71. The molecule has 1 atom stereocenters. The molecule has 102 valence electrons. The number of nitrogens with one attached hydrogen (secondary N) is 1. The topological polar surface area (TPSA) is 58.6 Å². The zero-order valence-corrected chi connectivity index (χ0v) is 11.9. The molecule has 1 unspecified atom stereocenters. The highest BCUT2D eigenvalue weighted by atomic mass is 35.5. The van der Waals surface area contributed by atoms with Gasteiger partial charge in [0.15, 0.2) is 0 Å². The molecule has 0 saturated carbocycles. The van der Waals surface area contributed by atoms with Crippen molar-refractivity contribution in [3.63, 3.8) is 0 Å². The highest BCUT2D eigenvalue weighted by Gasteiger charge is 2.27. The van der Waals surface area contributed by atoms with Crippen LogP contribution in [-0.2, 0) is 14.9 Å². The number of hydrogen-bond donors (Lipinski definition) is 1. The van der Waals surface area contributed by atoms with Gasteiger partial charge >= 0.3 is 0 Å². The average molecular weight is 285 g/mol. The summed E-state index contributed by atoms with van der Waals surface area (Å²) in [5.41, 5.74) is 0. The normalized spacial score (nSPS) is 21.6. The Morgan fingerprint density at radius 2 is 2.06 bits per heavy atom. The second-order valence-corrected chi connectivity index (χ2v) is 6.46. The fourth-order valence-electron chi connectivity index (χ4n) is 1.70. The molecule has 0 radical (unpaired) electrons. The molecule has 1 heterocycles.